The minimum atomic E-state index is -0.934. The monoisotopic (exact) mass is 331 g/mol. The molecule has 7 nitrogen and oxygen atoms in total. The average Bonchev–Trinajstić information content (AvgIpc) is 2.80. The number of ether oxygens (including phenoxy) is 2. The van der Waals surface area contributed by atoms with Gasteiger partial charge in [0.2, 0.25) is 0 Å². The van der Waals surface area contributed by atoms with Crippen LogP contribution in [0.5, 0.6) is 5.75 Å². The van der Waals surface area contributed by atoms with Crippen molar-refractivity contribution in [1.82, 2.24) is 9.78 Å². The summed E-state index contributed by atoms with van der Waals surface area (Å²) in [5.41, 5.74) is 2.16. The molecular formula is C17H21N3O4. The van der Waals surface area contributed by atoms with E-state index in [0.29, 0.717) is 17.1 Å². The molecule has 1 N–H and O–H groups in total. The molecule has 0 spiro atoms. The van der Waals surface area contributed by atoms with Crippen molar-refractivity contribution < 1.29 is 19.1 Å². The lowest BCUT2D eigenvalue weighted by molar-refractivity contribution is -0.155. The first-order chi connectivity index (χ1) is 11.4. The normalized spacial score (nSPS) is 11.7. The van der Waals surface area contributed by atoms with E-state index in [1.54, 1.807) is 42.9 Å². The van der Waals surface area contributed by atoms with E-state index in [2.05, 4.69) is 10.4 Å². The second-order valence-electron chi connectivity index (χ2n) is 5.39. The van der Waals surface area contributed by atoms with Crippen molar-refractivity contribution in [2.45, 2.75) is 26.9 Å². The van der Waals surface area contributed by atoms with Crippen LogP contribution in [0.15, 0.2) is 30.3 Å². The lowest BCUT2D eigenvalue weighted by Crippen LogP contribution is -2.32. The van der Waals surface area contributed by atoms with E-state index < -0.39 is 18.0 Å². The fourth-order valence-corrected chi connectivity index (χ4v) is 2.12. The zero-order valence-electron chi connectivity index (χ0n) is 14.2. The second kappa shape index (κ2) is 7.63. The van der Waals surface area contributed by atoms with Crippen LogP contribution >= 0.6 is 0 Å². The fourth-order valence-electron chi connectivity index (χ4n) is 2.12. The molecule has 0 bridgehead atoms. The number of para-hydroxylation sites is 1. The molecule has 0 aliphatic rings. The largest absolute Gasteiger partial charge is 0.482 e. The van der Waals surface area contributed by atoms with Gasteiger partial charge in [-0.05, 0) is 32.9 Å². The molecule has 0 radical (unpaired) electrons. The number of nitrogens with one attached hydrogen (secondary N) is 1. The van der Waals surface area contributed by atoms with E-state index in [4.69, 9.17) is 9.47 Å². The van der Waals surface area contributed by atoms with Crippen molar-refractivity contribution in [1.29, 1.82) is 0 Å². The number of anilines is 1. The van der Waals surface area contributed by atoms with Gasteiger partial charge in [0.15, 0.2) is 12.7 Å². The van der Waals surface area contributed by atoms with Crippen molar-refractivity contribution in [3.8, 4) is 5.75 Å². The van der Waals surface area contributed by atoms with Crippen molar-refractivity contribution in [2.24, 2.45) is 7.05 Å². The van der Waals surface area contributed by atoms with Crippen LogP contribution in [0.3, 0.4) is 0 Å². The van der Waals surface area contributed by atoms with Gasteiger partial charge in [-0.2, -0.15) is 5.10 Å². The predicted molar refractivity (Wildman–Crippen MR) is 88.8 cm³/mol. The van der Waals surface area contributed by atoms with Crippen LogP contribution in [-0.4, -0.2) is 34.4 Å². The van der Waals surface area contributed by atoms with Gasteiger partial charge in [-0.3, -0.25) is 9.48 Å². The van der Waals surface area contributed by atoms with E-state index in [-0.39, 0.29) is 6.61 Å². The Labute approximate surface area is 140 Å². The number of esters is 1. The molecule has 2 rings (SSSR count). The second-order valence-corrected chi connectivity index (χ2v) is 5.39. The van der Waals surface area contributed by atoms with Crippen molar-refractivity contribution in [3.05, 3.63) is 41.7 Å². The quantitative estimate of drug-likeness (QED) is 0.819. The molecule has 1 aromatic carbocycles. The highest BCUT2D eigenvalue weighted by molar-refractivity contribution is 5.96. The molecule has 0 aliphatic heterocycles. The standard InChI is InChI=1S/C17H21N3O4/c1-11-16(12(2)20(4)19-11)18-17(22)13(3)24-15(21)10-23-14-8-6-5-7-9-14/h5-9,13H,10H2,1-4H3,(H,18,22). The van der Waals surface area contributed by atoms with E-state index in [1.807, 2.05) is 13.0 Å². The van der Waals surface area contributed by atoms with Gasteiger partial charge in [-0.15, -0.1) is 0 Å². The zero-order valence-corrected chi connectivity index (χ0v) is 14.2. The molecule has 1 aromatic heterocycles. The molecule has 1 heterocycles. The molecule has 24 heavy (non-hydrogen) atoms. The maximum Gasteiger partial charge on any atom is 0.344 e. The number of amides is 1. The molecule has 1 unspecified atom stereocenters. The summed E-state index contributed by atoms with van der Waals surface area (Å²) in [7, 11) is 1.79. The van der Waals surface area contributed by atoms with E-state index in [0.717, 1.165) is 5.69 Å². The Bertz CT molecular complexity index is 725. The lowest BCUT2D eigenvalue weighted by atomic mass is 10.3. The van der Waals surface area contributed by atoms with Gasteiger partial charge >= 0.3 is 5.97 Å². The Morgan fingerprint density at radius 2 is 1.92 bits per heavy atom. The van der Waals surface area contributed by atoms with Gasteiger partial charge in [0.25, 0.3) is 5.91 Å². The third-order valence-corrected chi connectivity index (χ3v) is 3.53. The van der Waals surface area contributed by atoms with Gasteiger partial charge < -0.3 is 14.8 Å². The van der Waals surface area contributed by atoms with Crippen LogP contribution in [-0.2, 0) is 21.4 Å². The molecule has 2 aromatic rings. The third-order valence-electron chi connectivity index (χ3n) is 3.53. The third kappa shape index (κ3) is 4.34. The minimum Gasteiger partial charge on any atom is -0.482 e. The number of rotatable bonds is 6. The summed E-state index contributed by atoms with van der Waals surface area (Å²) in [6, 6.07) is 8.92. The summed E-state index contributed by atoms with van der Waals surface area (Å²) < 4.78 is 12.1. The number of carbonyl (C=O) groups is 2. The molecule has 128 valence electrons. The highest BCUT2D eigenvalue weighted by atomic mass is 16.6. The van der Waals surface area contributed by atoms with Crippen LogP contribution in [0.2, 0.25) is 0 Å². The molecule has 0 saturated carbocycles. The molecular weight excluding hydrogens is 310 g/mol. The molecule has 7 heteroatoms. The summed E-state index contributed by atoms with van der Waals surface area (Å²) >= 11 is 0. The van der Waals surface area contributed by atoms with Gasteiger partial charge in [0, 0.05) is 7.05 Å². The van der Waals surface area contributed by atoms with Crippen LogP contribution in [0.25, 0.3) is 0 Å². The predicted octanol–water partition coefficient (Wildman–Crippen LogP) is 1.99. The molecule has 1 amide bonds. The van der Waals surface area contributed by atoms with Gasteiger partial charge in [-0.25, -0.2) is 4.79 Å². The van der Waals surface area contributed by atoms with Gasteiger partial charge in [-0.1, -0.05) is 18.2 Å². The Morgan fingerprint density at radius 3 is 2.50 bits per heavy atom. The highest BCUT2D eigenvalue weighted by Gasteiger charge is 2.21. The number of hydrogen-bond acceptors (Lipinski definition) is 5. The van der Waals surface area contributed by atoms with Crippen LogP contribution in [0.4, 0.5) is 5.69 Å². The molecule has 0 saturated heterocycles. The van der Waals surface area contributed by atoms with Crippen molar-refractivity contribution in [3.63, 3.8) is 0 Å². The molecule has 0 aliphatic carbocycles. The highest BCUT2D eigenvalue weighted by Crippen LogP contribution is 2.18. The maximum atomic E-state index is 12.2. The fraction of sp³-hybridized carbons (Fsp3) is 0.353. The number of nitrogens with zero attached hydrogens (tertiary/aromatic N) is 2. The van der Waals surface area contributed by atoms with Crippen LogP contribution < -0.4 is 10.1 Å². The summed E-state index contributed by atoms with van der Waals surface area (Å²) in [5, 5.41) is 6.96. The topological polar surface area (TPSA) is 82.5 Å². The number of hydrogen-bond donors (Lipinski definition) is 1. The molecule has 1 atom stereocenters. The van der Waals surface area contributed by atoms with Gasteiger partial charge in [0.05, 0.1) is 17.1 Å². The van der Waals surface area contributed by atoms with Crippen molar-refractivity contribution in [2.75, 3.05) is 11.9 Å². The van der Waals surface area contributed by atoms with E-state index in [9.17, 15) is 9.59 Å². The molecule has 0 fully saturated rings. The summed E-state index contributed by atoms with van der Waals surface area (Å²) in [5.74, 6) is -0.462. The smallest absolute Gasteiger partial charge is 0.344 e. The first-order valence-corrected chi connectivity index (χ1v) is 7.57. The zero-order chi connectivity index (χ0) is 17.7. The first kappa shape index (κ1) is 17.5. The van der Waals surface area contributed by atoms with E-state index in [1.165, 1.54) is 6.92 Å². The van der Waals surface area contributed by atoms with Crippen LogP contribution in [0, 0.1) is 13.8 Å². The van der Waals surface area contributed by atoms with Gasteiger partial charge in [0.1, 0.15) is 5.75 Å². The van der Waals surface area contributed by atoms with Crippen LogP contribution in [0.1, 0.15) is 18.3 Å². The SMILES string of the molecule is Cc1nn(C)c(C)c1NC(=O)C(C)OC(=O)COc1ccccc1. The van der Waals surface area contributed by atoms with Crippen molar-refractivity contribution >= 4 is 17.6 Å². The average molecular weight is 331 g/mol. The summed E-state index contributed by atoms with van der Waals surface area (Å²) in [6.07, 6.45) is -0.934. The maximum absolute atomic E-state index is 12.2. The lowest BCUT2D eigenvalue weighted by Gasteiger charge is -2.14. The number of aromatic nitrogens is 2. The first-order valence-electron chi connectivity index (χ1n) is 7.57. The Kier molecular flexibility index (Phi) is 5.57. The summed E-state index contributed by atoms with van der Waals surface area (Å²) in [4.78, 5) is 23.9. The number of aryl methyl sites for hydroxylation is 2. The Hall–Kier alpha value is -2.83. The Morgan fingerprint density at radius 1 is 1.25 bits per heavy atom. The van der Waals surface area contributed by atoms with E-state index >= 15 is 0 Å². The number of carbonyl (C=O) groups excluding carboxylic acids is 2. The number of benzene rings is 1. The Balaban J connectivity index is 1.85. The minimum absolute atomic E-state index is 0.257. The summed E-state index contributed by atoms with van der Waals surface area (Å²) in [6.45, 7) is 4.90.